The Hall–Kier alpha value is -2.65. The molecule has 0 bridgehead atoms. The maximum absolute atomic E-state index is 12.1. The van der Waals surface area contributed by atoms with Crippen LogP contribution in [0.3, 0.4) is 0 Å². The van der Waals surface area contributed by atoms with Gasteiger partial charge in [0.1, 0.15) is 0 Å². The quantitative estimate of drug-likeness (QED) is 0.391. The van der Waals surface area contributed by atoms with Crippen LogP contribution in [0.4, 0.5) is 5.69 Å². The van der Waals surface area contributed by atoms with Crippen LogP contribution in [0.5, 0.6) is 0 Å². The van der Waals surface area contributed by atoms with Crippen molar-refractivity contribution in [3.05, 3.63) is 47.3 Å². The second kappa shape index (κ2) is 7.49. The van der Waals surface area contributed by atoms with E-state index in [4.69, 9.17) is 5.84 Å². The first-order valence-electron chi connectivity index (χ1n) is 7.32. The van der Waals surface area contributed by atoms with Gasteiger partial charge in [-0.3, -0.25) is 9.59 Å². The minimum Gasteiger partial charge on any atom is -0.335 e. The lowest BCUT2D eigenvalue weighted by molar-refractivity contribution is -0.113. The number of amides is 1. The van der Waals surface area contributed by atoms with E-state index in [0.717, 1.165) is 4.88 Å². The number of anilines is 1. The number of nitrogens with one attached hydrogen (secondary N) is 1. The molecule has 1 aromatic carbocycles. The van der Waals surface area contributed by atoms with Gasteiger partial charge in [-0.2, -0.15) is 0 Å². The molecule has 1 amide bonds. The molecule has 3 rings (SSSR count). The molecule has 0 atom stereocenters. The summed E-state index contributed by atoms with van der Waals surface area (Å²) < 4.78 is 1.38. The first-order valence-corrected chi connectivity index (χ1v) is 9.19. The van der Waals surface area contributed by atoms with Gasteiger partial charge in [0.15, 0.2) is 11.6 Å². The molecule has 0 saturated heterocycles. The van der Waals surface area contributed by atoms with Gasteiger partial charge in [0, 0.05) is 11.3 Å². The van der Waals surface area contributed by atoms with E-state index in [1.54, 1.807) is 24.3 Å². The summed E-state index contributed by atoms with van der Waals surface area (Å²) in [6.45, 7) is 1.50. The van der Waals surface area contributed by atoms with Gasteiger partial charge in [0.25, 0.3) is 0 Å². The zero-order chi connectivity index (χ0) is 17.8. The number of thiophene rings is 1. The predicted octanol–water partition coefficient (Wildman–Crippen LogP) is 2.65. The molecule has 0 fully saturated rings. The summed E-state index contributed by atoms with van der Waals surface area (Å²) in [5, 5.41) is 13.2. The first kappa shape index (κ1) is 17.2. The molecule has 0 aliphatic carbocycles. The highest BCUT2D eigenvalue weighted by Crippen LogP contribution is 2.25. The number of benzene rings is 1. The van der Waals surface area contributed by atoms with Crippen molar-refractivity contribution in [2.24, 2.45) is 0 Å². The molecule has 2 heterocycles. The van der Waals surface area contributed by atoms with Crippen molar-refractivity contribution in [2.75, 3.05) is 16.9 Å². The van der Waals surface area contributed by atoms with Gasteiger partial charge in [-0.1, -0.05) is 17.8 Å². The zero-order valence-corrected chi connectivity index (χ0v) is 14.9. The Morgan fingerprint density at radius 1 is 1.24 bits per heavy atom. The van der Waals surface area contributed by atoms with Gasteiger partial charge in [-0.15, -0.1) is 21.5 Å². The fourth-order valence-corrected chi connectivity index (χ4v) is 3.43. The molecule has 25 heavy (non-hydrogen) atoms. The standard InChI is InChI=1S/C16H15N5O2S2/c1-10(22)11-4-6-12(7-5-11)18-14(23)9-25-16-20-19-15(21(16)17)13-3-2-8-24-13/h2-8H,9,17H2,1H3,(H,18,23). The molecule has 0 saturated carbocycles. The third-order valence-electron chi connectivity index (χ3n) is 3.31. The summed E-state index contributed by atoms with van der Waals surface area (Å²) >= 11 is 2.72. The molecule has 0 radical (unpaired) electrons. The summed E-state index contributed by atoms with van der Waals surface area (Å²) in [5.41, 5.74) is 1.23. The van der Waals surface area contributed by atoms with Gasteiger partial charge in [0.2, 0.25) is 11.1 Å². The highest BCUT2D eigenvalue weighted by molar-refractivity contribution is 7.99. The molecule has 0 aliphatic rings. The van der Waals surface area contributed by atoms with Crippen LogP contribution in [0.1, 0.15) is 17.3 Å². The van der Waals surface area contributed by atoms with E-state index < -0.39 is 0 Å². The van der Waals surface area contributed by atoms with Crippen LogP contribution in [-0.2, 0) is 4.79 Å². The van der Waals surface area contributed by atoms with Crippen LogP contribution in [0.25, 0.3) is 10.7 Å². The molecule has 0 unspecified atom stereocenters. The second-order valence-corrected chi connectivity index (χ2v) is 7.01. The van der Waals surface area contributed by atoms with Crippen molar-refractivity contribution in [1.82, 2.24) is 14.9 Å². The number of hydrogen-bond donors (Lipinski definition) is 2. The average molecular weight is 373 g/mol. The lowest BCUT2D eigenvalue weighted by Crippen LogP contribution is -2.16. The van der Waals surface area contributed by atoms with Crippen molar-refractivity contribution in [1.29, 1.82) is 0 Å². The molecular weight excluding hydrogens is 358 g/mol. The van der Waals surface area contributed by atoms with Crippen molar-refractivity contribution in [2.45, 2.75) is 12.1 Å². The van der Waals surface area contributed by atoms with E-state index in [0.29, 0.717) is 22.2 Å². The van der Waals surface area contributed by atoms with E-state index >= 15 is 0 Å². The van der Waals surface area contributed by atoms with Crippen LogP contribution in [0.15, 0.2) is 46.9 Å². The molecule has 2 aromatic heterocycles. The number of thioether (sulfide) groups is 1. The number of Topliss-reactive ketones (excluding diaryl/α,β-unsaturated/α-hetero) is 1. The summed E-state index contributed by atoms with van der Waals surface area (Å²) in [7, 11) is 0. The number of hydrogen-bond acceptors (Lipinski definition) is 7. The van der Waals surface area contributed by atoms with E-state index in [2.05, 4.69) is 15.5 Å². The topological polar surface area (TPSA) is 103 Å². The molecule has 7 nitrogen and oxygen atoms in total. The number of aromatic nitrogens is 3. The maximum Gasteiger partial charge on any atom is 0.234 e. The molecule has 0 aliphatic heterocycles. The minimum absolute atomic E-state index is 0.0164. The number of nitrogen functional groups attached to an aromatic ring is 1. The normalized spacial score (nSPS) is 10.6. The number of nitrogens with zero attached hydrogens (tertiary/aromatic N) is 3. The van der Waals surface area contributed by atoms with E-state index in [1.807, 2.05) is 17.5 Å². The molecule has 128 valence electrons. The van der Waals surface area contributed by atoms with Gasteiger partial charge >= 0.3 is 0 Å². The number of nitrogens with two attached hydrogens (primary N) is 1. The van der Waals surface area contributed by atoms with Crippen LogP contribution in [-0.4, -0.2) is 32.3 Å². The van der Waals surface area contributed by atoms with Crippen molar-refractivity contribution < 1.29 is 9.59 Å². The van der Waals surface area contributed by atoms with Gasteiger partial charge in [0.05, 0.1) is 10.6 Å². The van der Waals surface area contributed by atoms with Gasteiger partial charge in [-0.05, 0) is 42.6 Å². The number of ketones is 1. The average Bonchev–Trinajstić information content (AvgIpc) is 3.23. The van der Waals surface area contributed by atoms with Crippen LogP contribution in [0, 0.1) is 0 Å². The Morgan fingerprint density at radius 2 is 2.00 bits per heavy atom. The summed E-state index contributed by atoms with van der Waals surface area (Å²) in [6, 6.07) is 10.6. The summed E-state index contributed by atoms with van der Waals surface area (Å²) in [6.07, 6.45) is 0. The lowest BCUT2D eigenvalue weighted by atomic mass is 10.1. The number of carbonyl (C=O) groups is 2. The van der Waals surface area contributed by atoms with Crippen molar-refractivity contribution in [3.63, 3.8) is 0 Å². The SMILES string of the molecule is CC(=O)c1ccc(NC(=O)CSc2nnc(-c3cccs3)n2N)cc1. The number of rotatable bonds is 6. The van der Waals surface area contributed by atoms with Gasteiger partial charge < -0.3 is 11.2 Å². The number of carbonyl (C=O) groups excluding carboxylic acids is 2. The van der Waals surface area contributed by atoms with Crippen LogP contribution < -0.4 is 11.2 Å². The smallest absolute Gasteiger partial charge is 0.234 e. The molecular formula is C16H15N5O2S2. The van der Waals surface area contributed by atoms with E-state index in [1.165, 1.54) is 34.7 Å². The first-order chi connectivity index (χ1) is 12.0. The maximum atomic E-state index is 12.1. The predicted molar refractivity (Wildman–Crippen MR) is 99.3 cm³/mol. The van der Waals surface area contributed by atoms with E-state index in [9.17, 15) is 9.59 Å². The molecule has 3 aromatic rings. The minimum atomic E-state index is -0.193. The van der Waals surface area contributed by atoms with Crippen molar-refractivity contribution >= 4 is 40.5 Å². The highest BCUT2D eigenvalue weighted by Gasteiger charge is 2.14. The van der Waals surface area contributed by atoms with Crippen LogP contribution >= 0.6 is 23.1 Å². The fourth-order valence-electron chi connectivity index (χ4n) is 2.06. The third kappa shape index (κ3) is 4.06. The highest BCUT2D eigenvalue weighted by atomic mass is 32.2. The molecule has 3 N–H and O–H groups in total. The Bertz CT molecular complexity index is 888. The molecule has 9 heteroatoms. The Kier molecular flexibility index (Phi) is 5.15. The van der Waals surface area contributed by atoms with Gasteiger partial charge in [-0.25, -0.2) is 4.68 Å². The van der Waals surface area contributed by atoms with Crippen molar-refractivity contribution in [3.8, 4) is 10.7 Å². The van der Waals surface area contributed by atoms with E-state index in [-0.39, 0.29) is 17.4 Å². The summed E-state index contributed by atoms with van der Waals surface area (Å²) in [5.74, 6) is 6.50. The Morgan fingerprint density at radius 3 is 2.64 bits per heavy atom. The Labute approximate surface area is 152 Å². The molecule has 0 spiro atoms. The third-order valence-corrected chi connectivity index (χ3v) is 5.12. The Balaban J connectivity index is 1.58. The monoisotopic (exact) mass is 373 g/mol. The lowest BCUT2D eigenvalue weighted by Gasteiger charge is -2.06. The fraction of sp³-hybridized carbons (Fsp3) is 0.125. The summed E-state index contributed by atoms with van der Waals surface area (Å²) in [4.78, 5) is 24.2. The van der Waals surface area contributed by atoms with Crippen LogP contribution in [0.2, 0.25) is 0 Å². The second-order valence-electron chi connectivity index (χ2n) is 5.12. The zero-order valence-electron chi connectivity index (χ0n) is 13.3. The largest absolute Gasteiger partial charge is 0.335 e.